The summed E-state index contributed by atoms with van der Waals surface area (Å²) in [5.41, 5.74) is 0.999. The molecule has 1 aromatic rings. The Morgan fingerprint density at radius 2 is 1.77 bits per heavy atom. The summed E-state index contributed by atoms with van der Waals surface area (Å²) in [6.45, 7) is 6.95. The molecule has 0 bridgehead atoms. The van der Waals surface area contributed by atoms with Gasteiger partial charge in [-0.2, -0.15) is 0 Å². The SMILES string of the molecule is O=C1N[C@@H](CCN2CCN(c3ccc(F)cc3)CC2)CC12CCNCC2. The molecule has 4 rings (SSSR count). The molecule has 2 N–H and O–H groups in total. The predicted molar refractivity (Wildman–Crippen MR) is 101 cm³/mol. The van der Waals surface area contributed by atoms with Crippen LogP contribution in [0.3, 0.4) is 0 Å². The zero-order valence-corrected chi connectivity index (χ0v) is 15.3. The van der Waals surface area contributed by atoms with Gasteiger partial charge in [-0.3, -0.25) is 9.69 Å². The lowest BCUT2D eigenvalue weighted by atomic mass is 9.76. The number of carbonyl (C=O) groups is 1. The van der Waals surface area contributed by atoms with E-state index in [4.69, 9.17) is 0 Å². The van der Waals surface area contributed by atoms with Gasteiger partial charge >= 0.3 is 0 Å². The van der Waals surface area contributed by atoms with Gasteiger partial charge in [-0.1, -0.05) is 0 Å². The molecule has 0 saturated carbocycles. The van der Waals surface area contributed by atoms with Gasteiger partial charge in [0.05, 0.1) is 5.41 Å². The van der Waals surface area contributed by atoms with Crippen LogP contribution in [0.2, 0.25) is 0 Å². The summed E-state index contributed by atoms with van der Waals surface area (Å²) in [5, 5.41) is 6.62. The standard InChI is InChI=1S/C20H29FN4O/c21-16-1-3-18(4-2-16)25-13-11-24(12-14-25)10-5-17-15-20(19(26)23-17)6-8-22-9-7-20/h1-4,17,22H,5-15H2,(H,23,26)/t17-/m0/s1. The van der Waals surface area contributed by atoms with Gasteiger partial charge < -0.3 is 15.5 Å². The second-order valence-corrected chi connectivity index (χ2v) is 8.00. The number of rotatable bonds is 4. The minimum absolute atomic E-state index is 0.100. The van der Waals surface area contributed by atoms with Crippen LogP contribution < -0.4 is 15.5 Å². The van der Waals surface area contributed by atoms with Crippen molar-refractivity contribution < 1.29 is 9.18 Å². The van der Waals surface area contributed by atoms with Crippen molar-refractivity contribution in [3.63, 3.8) is 0 Å². The van der Waals surface area contributed by atoms with Gasteiger partial charge in [0.1, 0.15) is 5.82 Å². The van der Waals surface area contributed by atoms with E-state index in [-0.39, 0.29) is 17.1 Å². The normalized spacial score (nSPS) is 26.3. The first kappa shape index (κ1) is 17.7. The molecule has 3 fully saturated rings. The van der Waals surface area contributed by atoms with Crippen molar-refractivity contribution >= 4 is 11.6 Å². The van der Waals surface area contributed by atoms with E-state index in [2.05, 4.69) is 20.4 Å². The van der Waals surface area contributed by atoms with Crippen molar-refractivity contribution in [1.82, 2.24) is 15.5 Å². The van der Waals surface area contributed by atoms with Crippen molar-refractivity contribution in [3.05, 3.63) is 30.1 Å². The molecule has 1 aromatic carbocycles. The number of piperidine rings is 1. The fraction of sp³-hybridized carbons (Fsp3) is 0.650. The summed E-state index contributed by atoms with van der Waals surface area (Å²) in [7, 11) is 0. The highest BCUT2D eigenvalue weighted by atomic mass is 19.1. The first-order valence-corrected chi connectivity index (χ1v) is 9.89. The van der Waals surface area contributed by atoms with Gasteiger partial charge in [-0.15, -0.1) is 0 Å². The van der Waals surface area contributed by atoms with Crippen LogP contribution in [0, 0.1) is 11.2 Å². The Hall–Kier alpha value is -1.66. The third-order valence-electron chi connectivity index (χ3n) is 6.37. The highest BCUT2D eigenvalue weighted by Crippen LogP contribution is 2.39. The number of benzene rings is 1. The minimum Gasteiger partial charge on any atom is -0.369 e. The van der Waals surface area contributed by atoms with Crippen LogP contribution in [0.15, 0.2) is 24.3 Å². The van der Waals surface area contributed by atoms with Crippen molar-refractivity contribution in [2.45, 2.75) is 31.7 Å². The average Bonchev–Trinajstić information content (AvgIpc) is 2.97. The third-order valence-corrected chi connectivity index (χ3v) is 6.37. The third kappa shape index (κ3) is 3.71. The highest BCUT2D eigenvalue weighted by Gasteiger charge is 2.46. The van der Waals surface area contributed by atoms with Crippen LogP contribution in [0.4, 0.5) is 10.1 Å². The van der Waals surface area contributed by atoms with Gasteiger partial charge in [0, 0.05) is 44.5 Å². The van der Waals surface area contributed by atoms with Gasteiger partial charge in [-0.05, 0) is 63.0 Å². The fourth-order valence-electron chi connectivity index (χ4n) is 4.68. The fourth-order valence-corrected chi connectivity index (χ4v) is 4.68. The Kier molecular flexibility index (Phi) is 5.14. The molecule has 3 aliphatic heterocycles. The van der Waals surface area contributed by atoms with Gasteiger partial charge in [-0.25, -0.2) is 4.39 Å². The maximum absolute atomic E-state index is 13.1. The average molecular weight is 360 g/mol. The molecular formula is C20H29FN4O. The summed E-state index contributed by atoms with van der Waals surface area (Å²) in [4.78, 5) is 17.3. The Bertz CT molecular complexity index is 621. The summed E-state index contributed by atoms with van der Waals surface area (Å²) >= 11 is 0. The Morgan fingerprint density at radius 3 is 2.46 bits per heavy atom. The van der Waals surface area contributed by atoms with Crippen LogP contribution in [-0.2, 0) is 4.79 Å². The number of anilines is 1. The Morgan fingerprint density at radius 1 is 1.08 bits per heavy atom. The smallest absolute Gasteiger partial charge is 0.226 e. The van der Waals surface area contributed by atoms with Gasteiger partial charge in [0.25, 0.3) is 0 Å². The molecule has 1 atom stereocenters. The van der Waals surface area contributed by atoms with E-state index >= 15 is 0 Å². The largest absolute Gasteiger partial charge is 0.369 e. The second-order valence-electron chi connectivity index (χ2n) is 8.00. The number of carbonyl (C=O) groups excluding carboxylic acids is 1. The zero-order chi connectivity index (χ0) is 18.0. The lowest BCUT2D eigenvalue weighted by Gasteiger charge is -2.36. The molecule has 1 amide bonds. The number of hydrogen-bond donors (Lipinski definition) is 2. The van der Waals surface area contributed by atoms with Crippen LogP contribution in [0.25, 0.3) is 0 Å². The predicted octanol–water partition coefficient (Wildman–Crippen LogP) is 1.60. The summed E-state index contributed by atoms with van der Waals surface area (Å²) in [5.74, 6) is 0.0997. The van der Waals surface area contributed by atoms with Crippen molar-refractivity contribution in [2.75, 3.05) is 50.7 Å². The van der Waals surface area contributed by atoms with Crippen molar-refractivity contribution in [3.8, 4) is 0 Å². The van der Waals surface area contributed by atoms with E-state index in [1.807, 2.05) is 12.1 Å². The molecule has 3 aliphatic rings. The first-order valence-electron chi connectivity index (χ1n) is 9.89. The molecule has 5 nitrogen and oxygen atoms in total. The number of halogens is 1. The maximum Gasteiger partial charge on any atom is 0.226 e. The van der Waals surface area contributed by atoms with E-state index in [9.17, 15) is 9.18 Å². The van der Waals surface area contributed by atoms with Gasteiger partial charge in [0.15, 0.2) is 0 Å². The van der Waals surface area contributed by atoms with Crippen molar-refractivity contribution in [2.24, 2.45) is 5.41 Å². The van der Waals surface area contributed by atoms with E-state index in [1.165, 1.54) is 12.1 Å². The molecule has 6 heteroatoms. The van der Waals surface area contributed by atoms with E-state index in [1.54, 1.807) is 0 Å². The van der Waals surface area contributed by atoms with Gasteiger partial charge in [0.2, 0.25) is 5.91 Å². The molecule has 0 aromatic heterocycles. The Labute approximate surface area is 154 Å². The number of hydrogen-bond acceptors (Lipinski definition) is 4. The lowest BCUT2D eigenvalue weighted by molar-refractivity contribution is -0.128. The maximum atomic E-state index is 13.1. The summed E-state index contributed by atoms with van der Waals surface area (Å²) < 4.78 is 13.1. The topological polar surface area (TPSA) is 47.6 Å². The molecule has 26 heavy (non-hydrogen) atoms. The molecule has 1 spiro atoms. The summed E-state index contributed by atoms with van der Waals surface area (Å²) in [6.07, 6.45) is 4.00. The van der Waals surface area contributed by atoms with E-state index < -0.39 is 0 Å². The van der Waals surface area contributed by atoms with E-state index in [0.29, 0.717) is 6.04 Å². The first-order chi connectivity index (χ1) is 12.6. The molecular weight excluding hydrogens is 331 g/mol. The number of amides is 1. The van der Waals surface area contributed by atoms with Crippen LogP contribution >= 0.6 is 0 Å². The molecule has 0 unspecified atom stereocenters. The molecule has 3 heterocycles. The minimum atomic E-state index is -0.183. The number of nitrogens with one attached hydrogen (secondary N) is 2. The zero-order valence-electron chi connectivity index (χ0n) is 15.3. The van der Waals surface area contributed by atoms with Crippen molar-refractivity contribution in [1.29, 1.82) is 0 Å². The molecule has 0 aliphatic carbocycles. The molecule has 142 valence electrons. The highest BCUT2D eigenvalue weighted by molar-refractivity contribution is 5.85. The number of nitrogens with zero attached hydrogens (tertiary/aromatic N) is 2. The Balaban J connectivity index is 1.23. The lowest BCUT2D eigenvalue weighted by Crippen LogP contribution is -2.47. The number of piperazine rings is 1. The van der Waals surface area contributed by atoms with Crippen LogP contribution in [0.1, 0.15) is 25.7 Å². The van der Waals surface area contributed by atoms with Crippen LogP contribution in [0.5, 0.6) is 0 Å². The molecule has 3 saturated heterocycles. The second kappa shape index (κ2) is 7.53. The van der Waals surface area contributed by atoms with E-state index in [0.717, 1.165) is 77.2 Å². The monoisotopic (exact) mass is 360 g/mol. The van der Waals surface area contributed by atoms with Crippen LogP contribution in [-0.4, -0.2) is 62.7 Å². The summed E-state index contributed by atoms with van der Waals surface area (Å²) in [6, 6.07) is 7.10. The quantitative estimate of drug-likeness (QED) is 0.856. The molecule has 0 radical (unpaired) electrons.